The first kappa shape index (κ1) is 15.5. The summed E-state index contributed by atoms with van der Waals surface area (Å²) in [5.41, 5.74) is 7.74. The maximum atomic E-state index is 12.5. The van der Waals surface area contributed by atoms with E-state index in [0.717, 1.165) is 30.5 Å². The third-order valence-electron chi connectivity index (χ3n) is 4.51. The molecule has 0 radical (unpaired) electrons. The zero-order valence-corrected chi connectivity index (χ0v) is 12.8. The summed E-state index contributed by atoms with van der Waals surface area (Å²) in [5, 5.41) is 5.54. The minimum Gasteiger partial charge on any atom is -0.355 e. The number of carbonyl (C=O) groups excluding carboxylic acids is 2. The second-order valence-corrected chi connectivity index (χ2v) is 5.98. The highest BCUT2D eigenvalue weighted by Crippen LogP contribution is 2.37. The molecule has 0 aliphatic heterocycles. The topological polar surface area (TPSA) is 84.2 Å². The van der Waals surface area contributed by atoms with Gasteiger partial charge in [-0.2, -0.15) is 0 Å². The third kappa shape index (κ3) is 2.93. The van der Waals surface area contributed by atoms with Gasteiger partial charge in [0, 0.05) is 24.3 Å². The SMILES string of the molecule is CNC(=O)c1ccc(NC(=O)C2(C)CCCC2N)c(C)c1. The second kappa shape index (κ2) is 5.85. The molecule has 21 heavy (non-hydrogen) atoms. The van der Waals surface area contributed by atoms with Crippen LogP contribution in [0.5, 0.6) is 0 Å². The summed E-state index contributed by atoms with van der Waals surface area (Å²) in [4.78, 5) is 24.1. The Morgan fingerprint density at radius 1 is 1.38 bits per heavy atom. The quantitative estimate of drug-likeness (QED) is 0.793. The van der Waals surface area contributed by atoms with Gasteiger partial charge in [0.05, 0.1) is 5.41 Å². The van der Waals surface area contributed by atoms with Gasteiger partial charge in [0.25, 0.3) is 5.91 Å². The Hall–Kier alpha value is -1.88. The highest BCUT2D eigenvalue weighted by atomic mass is 16.2. The van der Waals surface area contributed by atoms with Crippen LogP contribution in [0.3, 0.4) is 0 Å². The molecule has 1 saturated carbocycles. The van der Waals surface area contributed by atoms with Crippen molar-refractivity contribution >= 4 is 17.5 Å². The number of nitrogens with one attached hydrogen (secondary N) is 2. The average molecular weight is 289 g/mol. The van der Waals surface area contributed by atoms with Gasteiger partial charge in [-0.05, 0) is 50.5 Å². The van der Waals surface area contributed by atoms with E-state index in [1.54, 1.807) is 25.2 Å². The summed E-state index contributed by atoms with van der Waals surface area (Å²) in [6.45, 7) is 3.80. The number of hydrogen-bond donors (Lipinski definition) is 3. The molecule has 0 heterocycles. The summed E-state index contributed by atoms with van der Waals surface area (Å²) in [5.74, 6) is -0.177. The molecule has 5 nitrogen and oxygen atoms in total. The lowest BCUT2D eigenvalue weighted by Gasteiger charge is -2.27. The summed E-state index contributed by atoms with van der Waals surface area (Å²) >= 11 is 0. The van der Waals surface area contributed by atoms with Crippen LogP contribution in [0.1, 0.15) is 42.1 Å². The Morgan fingerprint density at radius 3 is 2.62 bits per heavy atom. The van der Waals surface area contributed by atoms with Gasteiger partial charge in [-0.15, -0.1) is 0 Å². The fraction of sp³-hybridized carbons (Fsp3) is 0.500. The molecule has 1 aliphatic rings. The standard InChI is InChI=1S/C16H23N3O2/c1-10-9-11(14(20)18-3)6-7-12(10)19-15(21)16(2)8-4-5-13(16)17/h6-7,9,13H,4-5,8,17H2,1-3H3,(H,18,20)(H,19,21). The molecule has 0 bridgehead atoms. The monoisotopic (exact) mass is 289 g/mol. The summed E-state index contributed by atoms with van der Waals surface area (Å²) in [7, 11) is 1.59. The van der Waals surface area contributed by atoms with Crippen LogP contribution in [0.4, 0.5) is 5.69 Å². The van der Waals surface area contributed by atoms with E-state index in [1.807, 2.05) is 13.8 Å². The number of carbonyl (C=O) groups is 2. The van der Waals surface area contributed by atoms with Crippen LogP contribution in [0, 0.1) is 12.3 Å². The van der Waals surface area contributed by atoms with Crippen LogP contribution in [0.2, 0.25) is 0 Å². The number of aryl methyl sites for hydroxylation is 1. The number of rotatable bonds is 3. The molecular formula is C16H23N3O2. The molecule has 0 spiro atoms. The Balaban J connectivity index is 2.17. The highest BCUT2D eigenvalue weighted by molar-refractivity contribution is 5.98. The van der Waals surface area contributed by atoms with E-state index in [2.05, 4.69) is 10.6 Å². The molecule has 1 aromatic rings. The predicted molar refractivity (Wildman–Crippen MR) is 83.1 cm³/mol. The van der Waals surface area contributed by atoms with Crippen molar-refractivity contribution in [1.29, 1.82) is 0 Å². The number of anilines is 1. The summed E-state index contributed by atoms with van der Waals surface area (Å²) in [6.07, 6.45) is 2.69. The summed E-state index contributed by atoms with van der Waals surface area (Å²) < 4.78 is 0. The molecule has 0 saturated heterocycles. The number of benzene rings is 1. The molecule has 5 heteroatoms. The van der Waals surface area contributed by atoms with Gasteiger partial charge in [-0.3, -0.25) is 9.59 Å². The maximum absolute atomic E-state index is 12.5. The van der Waals surface area contributed by atoms with E-state index >= 15 is 0 Å². The zero-order valence-electron chi connectivity index (χ0n) is 12.8. The molecule has 2 amide bonds. The molecule has 4 N–H and O–H groups in total. The lowest BCUT2D eigenvalue weighted by atomic mass is 9.84. The largest absolute Gasteiger partial charge is 0.355 e. The molecule has 1 fully saturated rings. The van der Waals surface area contributed by atoms with Crippen molar-refractivity contribution in [2.45, 2.75) is 39.2 Å². The van der Waals surface area contributed by atoms with E-state index in [9.17, 15) is 9.59 Å². The van der Waals surface area contributed by atoms with Gasteiger partial charge in [0.1, 0.15) is 0 Å². The van der Waals surface area contributed by atoms with E-state index in [0.29, 0.717) is 5.56 Å². The van der Waals surface area contributed by atoms with Crippen LogP contribution < -0.4 is 16.4 Å². The fourth-order valence-corrected chi connectivity index (χ4v) is 2.83. The molecule has 1 aromatic carbocycles. The van der Waals surface area contributed by atoms with Crippen molar-refractivity contribution in [2.24, 2.45) is 11.1 Å². The average Bonchev–Trinajstić information content (AvgIpc) is 2.81. The van der Waals surface area contributed by atoms with Crippen molar-refractivity contribution < 1.29 is 9.59 Å². The van der Waals surface area contributed by atoms with Crippen molar-refractivity contribution in [1.82, 2.24) is 5.32 Å². The smallest absolute Gasteiger partial charge is 0.251 e. The van der Waals surface area contributed by atoms with Crippen LogP contribution in [-0.4, -0.2) is 24.9 Å². The number of amides is 2. The fourth-order valence-electron chi connectivity index (χ4n) is 2.83. The van der Waals surface area contributed by atoms with Crippen molar-refractivity contribution in [2.75, 3.05) is 12.4 Å². The van der Waals surface area contributed by atoms with Gasteiger partial charge in [0.2, 0.25) is 5.91 Å². The normalized spacial score (nSPS) is 24.7. The van der Waals surface area contributed by atoms with E-state index in [-0.39, 0.29) is 17.9 Å². The first-order valence-corrected chi connectivity index (χ1v) is 7.28. The molecule has 2 rings (SSSR count). The van der Waals surface area contributed by atoms with Crippen molar-refractivity contribution in [3.05, 3.63) is 29.3 Å². The van der Waals surface area contributed by atoms with Crippen LogP contribution >= 0.6 is 0 Å². The third-order valence-corrected chi connectivity index (χ3v) is 4.51. The number of nitrogens with two attached hydrogens (primary N) is 1. The van der Waals surface area contributed by atoms with Gasteiger partial charge >= 0.3 is 0 Å². The molecule has 2 unspecified atom stereocenters. The molecule has 2 atom stereocenters. The van der Waals surface area contributed by atoms with Crippen LogP contribution in [0.25, 0.3) is 0 Å². The van der Waals surface area contributed by atoms with E-state index < -0.39 is 5.41 Å². The maximum Gasteiger partial charge on any atom is 0.251 e. The Bertz CT molecular complexity index is 571. The minimum absolute atomic E-state index is 0.0386. The lowest BCUT2D eigenvalue weighted by Crippen LogP contribution is -2.44. The van der Waals surface area contributed by atoms with Crippen molar-refractivity contribution in [3.63, 3.8) is 0 Å². The molecular weight excluding hydrogens is 266 g/mol. The van der Waals surface area contributed by atoms with E-state index in [1.165, 1.54) is 0 Å². The highest BCUT2D eigenvalue weighted by Gasteiger charge is 2.43. The first-order valence-electron chi connectivity index (χ1n) is 7.28. The van der Waals surface area contributed by atoms with Crippen LogP contribution in [0.15, 0.2) is 18.2 Å². The summed E-state index contributed by atoms with van der Waals surface area (Å²) in [6, 6.07) is 5.15. The van der Waals surface area contributed by atoms with Gasteiger partial charge in [-0.25, -0.2) is 0 Å². The van der Waals surface area contributed by atoms with Gasteiger partial charge < -0.3 is 16.4 Å². The molecule has 0 aromatic heterocycles. The molecule has 1 aliphatic carbocycles. The van der Waals surface area contributed by atoms with Gasteiger partial charge in [0.15, 0.2) is 0 Å². The van der Waals surface area contributed by atoms with Crippen LogP contribution in [-0.2, 0) is 4.79 Å². The minimum atomic E-state index is -0.508. The predicted octanol–water partition coefficient (Wildman–Crippen LogP) is 1.81. The lowest BCUT2D eigenvalue weighted by molar-refractivity contribution is -0.125. The Labute approximate surface area is 125 Å². The first-order chi connectivity index (χ1) is 9.88. The Morgan fingerprint density at radius 2 is 2.10 bits per heavy atom. The Kier molecular flexibility index (Phi) is 4.32. The molecule has 114 valence electrons. The zero-order chi connectivity index (χ0) is 15.6. The van der Waals surface area contributed by atoms with E-state index in [4.69, 9.17) is 5.73 Å². The van der Waals surface area contributed by atoms with Crippen molar-refractivity contribution in [3.8, 4) is 0 Å². The van der Waals surface area contributed by atoms with Gasteiger partial charge in [-0.1, -0.05) is 6.42 Å². The second-order valence-electron chi connectivity index (χ2n) is 5.98. The number of hydrogen-bond acceptors (Lipinski definition) is 3.